The fraction of sp³-hybridized carbons (Fsp3) is 0.529. The van der Waals surface area contributed by atoms with Crippen LogP contribution in [0.1, 0.15) is 31.9 Å². The van der Waals surface area contributed by atoms with Crippen molar-refractivity contribution in [3.8, 4) is 0 Å². The van der Waals surface area contributed by atoms with E-state index in [0.717, 1.165) is 5.56 Å². The molecule has 0 unspecified atom stereocenters. The Balaban J connectivity index is 2.14. The number of carbonyl (C=O) groups excluding carboxylic acids is 2. The van der Waals surface area contributed by atoms with Crippen LogP contribution in [0.3, 0.4) is 0 Å². The van der Waals surface area contributed by atoms with Crippen molar-refractivity contribution in [3.63, 3.8) is 0 Å². The molecule has 0 spiro atoms. The van der Waals surface area contributed by atoms with Gasteiger partial charge < -0.3 is 15.0 Å². The first-order valence-electron chi connectivity index (χ1n) is 7.78. The Labute approximate surface area is 131 Å². The van der Waals surface area contributed by atoms with E-state index in [-0.39, 0.29) is 17.7 Å². The molecule has 1 aromatic rings. The van der Waals surface area contributed by atoms with Crippen molar-refractivity contribution < 1.29 is 14.3 Å². The van der Waals surface area contributed by atoms with Gasteiger partial charge in [-0.3, -0.25) is 9.59 Å². The molecule has 0 aromatic heterocycles. The molecule has 1 fully saturated rings. The molecule has 1 atom stereocenters. The van der Waals surface area contributed by atoms with Gasteiger partial charge in [-0.25, -0.2) is 0 Å². The van der Waals surface area contributed by atoms with Crippen LogP contribution in [0.25, 0.3) is 0 Å². The summed E-state index contributed by atoms with van der Waals surface area (Å²) in [6.45, 7) is 6.21. The summed E-state index contributed by atoms with van der Waals surface area (Å²) in [5, 5.41) is 2.89. The summed E-state index contributed by atoms with van der Waals surface area (Å²) in [6.07, 6.45) is 0.416. The molecule has 1 aliphatic heterocycles. The van der Waals surface area contributed by atoms with Crippen molar-refractivity contribution >= 4 is 11.8 Å². The van der Waals surface area contributed by atoms with Crippen LogP contribution in [-0.4, -0.2) is 43.0 Å². The lowest BCUT2D eigenvalue weighted by atomic mass is 10.0. The Hall–Kier alpha value is -1.88. The zero-order chi connectivity index (χ0) is 15.9. The fourth-order valence-electron chi connectivity index (χ4n) is 2.49. The van der Waals surface area contributed by atoms with E-state index in [2.05, 4.69) is 5.32 Å². The average Bonchev–Trinajstić information content (AvgIpc) is 2.53. The number of morpholine rings is 1. The van der Waals surface area contributed by atoms with Crippen molar-refractivity contribution in [1.29, 1.82) is 0 Å². The third-order valence-electron chi connectivity index (χ3n) is 3.60. The monoisotopic (exact) mass is 304 g/mol. The number of amides is 2. The predicted octanol–water partition coefficient (Wildman–Crippen LogP) is 1.75. The highest BCUT2D eigenvalue weighted by Gasteiger charge is 2.28. The summed E-state index contributed by atoms with van der Waals surface area (Å²) in [7, 11) is 0. The second-order valence-electron chi connectivity index (χ2n) is 5.95. The van der Waals surface area contributed by atoms with E-state index in [4.69, 9.17) is 4.74 Å². The Bertz CT molecular complexity index is 496. The van der Waals surface area contributed by atoms with Gasteiger partial charge in [0.2, 0.25) is 11.8 Å². The lowest BCUT2D eigenvalue weighted by molar-refractivity contribution is -0.140. The van der Waals surface area contributed by atoms with Crippen molar-refractivity contribution in [3.05, 3.63) is 35.9 Å². The molecule has 1 aliphatic rings. The molecule has 0 saturated carbocycles. The Morgan fingerprint density at radius 2 is 1.82 bits per heavy atom. The van der Waals surface area contributed by atoms with E-state index < -0.39 is 6.04 Å². The molecule has 120 valence electrons. The fourth-order valence-corrected chi connectivity index (χ4v) is 2.49. The molecule has 1 saturated heterocycles. The van der Waals surface area contributed by atoms with Crippen LogP contribution in [0, 0.1) is 5.92 Å². The van der Waals surface area contributed by atoms with Crippen LogP contribution in [0.2, 0.25) is 0 Å². The highest BCUT2D eigenvalue weighted by molar-refractivity contribution is 5.88. The standard InChI is InChI=1S/C17H24N2O3/c1-13(2)12-15(20)18-16(14-6-4-3-5-7-14)17(21)19-8-10-22-11-9-19/h3-7,13,16H,8-12H2,1-2H3,(H,18,20)/t16-/m1/s1. The lowest BCUT2D eigenvalue weighted by Gasteiger charge is -2.31. The van der Waals surface area contributed by atoms with E-state index in [1.807, 2.05) is 44.2 Å². The third kappa shape index (κ3) is 4.56. The first-order chi connectivity index (χ1) is 10.6. The largest absolute Gasteiger partial charge is 0.378 e. The minimum atomic E-state index is -0.620. The maximum atomic E-state index is 12.8. The molecule has 0 radical (unpaired) electrons. The number of rotatable bonds is 5. The van der Waals surface area contributed by atoms with Gasteiger partial charge in [0.15, 0.2) is 0 Å². The highest BCUT2D eigenvalue weighted by atomic mass is 16.5. The van der Waals surface area contributed by atoms with Gasteiger partial charge in [0, 0.05) is 19.5 Å². The minimum absolute atomic E-state index is 0.0633. The van der Waals surface area contributed by atoms with E-state index >= 15 is 0 Å². The van der Waals surface area contributed by atoms with Gasteiger partial charge in [-0.15, -0.1) is 0 Å². The van der Waals surface area contributed by atoms with Crippen LogP contribution in [0.4, 0.5) is 0 Å². The molecule has 5 heteroatoms. The number of carbonyl (C=O) groups is 2. The van der Waals surface area contributed by atoms with Gasteiger partial charge in [0.25, 0.3) is 0 Å². The quantitative estimate of drug-likeness (QED) is 0.901. The molecule has 2 rings (SSSR count). The zero-order valence-corrected chi connectivity index (χ0v) is 13.2. The second-order valence-corrected chi connectivity index (χ2v) is 5.95. The first kappa shape index (κ1) is 16.5. The molecule has 2 amide bonds. The average molecular weight is 304 g/mol. The molecule has 0 aliphatic carbocycles. The predicted molar refractivity (Wildman–Crippen MR) is 84.2 cm³/mol. The van der Waals surface area contributed by atoms with E-state index in [0.29, 0.717) is 32.7 Å². The number of benzene rings is 1. The Kier molecular flexibility index (Phi) is 5.95. The molecule has 1 heterocycles. The molecule has 1 N–H and O–H groups in total. The Morgan fingerprint density at radius 3 is 2.41 bits per heavy atom. The molecule has 0 bridgehead atoms. The number of ether oxygens (including phenoxy) is 1. The van der Waals surface area contributed by atoms with Crippen LogP contribution in [0.15, 0.2) is 30.3 Å². The number of hydrogen-bond acceptors (Lipinski definition) is 3. The highest BCUT2D eigenvalue weighted by Crippen LogP contribution is 2.17. The normalized spacial score (nSPS) is 16.4. The van der Waals surface area contributed by atoms with Gasteiger partial charge >= 0.3 is 0 Å². The number of nitrogens with zero attached hydrogens (tertiary/aromatic N) is 1. The third-order valence-corrected chi connectivity index (χ3v) is 3.60. The van der Waals surface area contributed by atoms with Crippen LogP contribution >= 0.6 is 0 Å². The van der Waals surface area contributed by atoms with Crippen molar-refractivity contribution in [1.82, 2.24) is 10.2 Å². The van der Waals surface area contributed by atoms with Gasteiger partial charge in [-0.1, -0.05) is 44.2 Å². The van der Waals surface area contributed by atoms with Gasteiger partial charge in [0.05, 0.1) is 13.2 Å². The van der Waals surface area contributed by atoms with Crippen LogP contribution in [0.5, 0.6) is 0 Å². The zero-order valence-electron chi connectivity index (χ0n) is 13.2. The lowest BCUT2D eigenvalue weighted by Crippen LogP contribution is -2.47. The van der Waals surface area contributed by atoms with Gasteiger partial charge in [-0.05, 0) is 11.5 Å². The smallest absolute Gasteiger partial charge is 0.249 e. The summed E-state index contributed by atoms with van der Waals surface area (Å²) in [5.41, 5.74) is 0.816. The molecular weight excluding hydrogens is 280 g/mol. The summed E-state index contributed by atoms with van der Waals surface area (Å²) in [5.74, 6) is 0.104. The molecule has 1 aromatic carbocycles. The topological polar surface area (TPSA) is 58.6 Å². The first-order valence-corrected chi connectivity index (χ1v) is 7.78. The van der Waals surface area contributed by atoms with Crippen molar-refractivity contribution in [2.45, 2.75) is 26.3 Å². The molecule has 22 heavy (non-hydrogen) atoms. The van der Waals surface area contributed by atoms with Crippen molar-refractivity contribution in [2.75, 3.05) is 26.3 Å². The van der Waals surface area contributed by atoms with Crippen LogP contribution in [-0.2, 0) is 14.3 Å². The van der Waals surface area contributed by atoms with E-state index in [9.17, 15) is 9.59 Å². The second kappa shape index (κ2) is 7.94. The number of nitrogens with one attached hydrogen (secondary N) is 1. The van der Waals surface area contributed by atoms with E-state index in [1.54, 1.807) is 4.90 Å². The number of hydrogen-bond donors (Lipinski definition) is 1. The maximum Gasteiger partial charge on any atom is 0.249 e. The summed E-state index contributed by atoms with van der Waals surface area (Å²) < 4.78 is 5.29. The summed E-state index contributed by atoms with van der Waals surface area (Å²) in [4.78, 5) is 26.7. The minimum Gasteiger partial charge on any atom is -0.378 e. The van der Waals surface area contributed by atoms with Gasteiger partial charge in [-0.2, -0.15) is 0 Å². The summed E-state index contributed by atoms with van der Waals surface area (Å²) >= 11 is 0. The van der Waals surface area contributed by atoms with Crippen molar-refractivity contribution in [2.24, 2.45) is 5.92 Å². The maximum absolute atomic E-state index is 12.8. The summed E-state index contributed by atoms with van der Waals surface area (Å²) in [6, 6.07) is 8.78. The van der Waals surface area contributed by atoms with Gasteiger partial charge in [0.1, 0.15) is 6.04 Å². The van der Waals surface area contributed by atoms with Crippen LogP contribution < -0.4 is 5.32 Å². The van der Waals surface area contributed by atoms with E-state index in [1.165, 1.54) is 0 Å². The molecular formula is C17H24N2O3. The Morgan fingerprint density at radius 1 is 1.18 bits per heavy atom. The molecule has 5 nitrogen and oxygen atoms in total. The SMILES string of the molecule is CC(C)CC(=O)N[C@@H](C(=O)N1CCOCC1)c1ccccc1.